The summed E-state index contributed by atoms with van der Waals surface area (Å²) in [7, 11) is 0. The maximum absolute atomic E-state index is 12.4. The molecule has 1 atom stereocenters. The molecule has 0 spiro atoms. The third kappa shape index (κ3) is 3.87. The second kappa shape index (κ2) is 6.64. The van der Waals surface area contributed by atoms with Gasteiger partial charge in [0.15, 0.2) is 0 Å². The predicted octanol–water partition coefficient (Wildman–Crippen LogP) is 3.10. The Morgan fingerprint density at radius 1 is 1.57 bits per heavy atom. The Balaban J connectivity index is 2.07. The molecule has 1 aliphatic rings. The molecule has 1 unspecified atom stereocenters. The number of aliphatic hydroxyl groups excluding tert-OH is 1. The number of carbonyl (C=O) groups is 1. The van der Waals surface area contributed by atoms with E-state index in [0.717, 1.165) is 21.7 Å². The maximum Gasteiger partial charge on any atom is 0.261 e. The highest BCUT2D eigenvalue weighted by Crippen LogP contribution is 2.37. The van der Waals surface area contributed by atoms with Gasteiger partial charge in [-0.3, -0.25) is 4.79 Å². The van der Waals surface area contributed by atoms with E-state index in [2.05, 4.69) is 31.0 Å². The molecule has 0 bridgehead atoms. The minimum atomic E-state index is 0.0123. The van der Waals surface area contributed by atoms with Crippen LogP contribution in [-0.2, 0) is 0 Å². The van der Waals surface area contributed by atoms with Crippen molar-refractivity contribution < 1.29 is 9.90 Å². The minimum Gasteiger partial charge on any atom is -0.395 e. The largest absolute Gasteiger partial charge is 0.395 e. The van der Waals surface area contributed by atoms with Crippen molar-refractivity contribution in [2.45, 2.75) is 52.5 Å². The zero-order chi connectivity index (χ0) is 15.5. The van der Waals surface area contributed by atoms with Crippen molar-refractivity contribution in [3.05, 3.63) is 21.4 Å². The Hall–Kier alpha value is -1.31. The van der Waals surface area contributed by atoms with Gasteiger partial charge in [-0.15, -0.1) is 11.3 Å². The molecule has 1 aromatic rings. The van der Waals surface area contributed by atoms with Crippen LogP contribution in [0.2, 0.25) is 0 Å². The summed E-state index contributed by atoms with van der Waals surface area (Å²) >= 11 is 1.43. The Bertz CT molecular complexity index is 577. The zero-order valence-corrected chi connectivity index (χ0v) is 13.8. The molecular formula is C17H23NO2S. The molecule has 21 heavy (non-hydrogen) atoms. The Kier molecular flexibility index (Phi) is 5.08. The average Bonchev–Trinajstić information content (AvgIpc) is 2.94. The molecular weight excluding hydrogens is 282 g/mol. The molecule has 0 aromatic carbocycles. The Labute approximate surface area is 130 Å². The number of hydrogen-bond donors (Lipinski definition) is 2. The zero-order valence-electron chi connectivity index (χ0n) is 13.0. The molecule has 0 radical (unpaired) electrons. The van der Waals surface area contributed by atoms with Gasteiger partial charge in [-0.2, -0.15) is 0 Å². The number of nitrogens with one attached hydrogen (secondary N) is 1. The van der Waals surface area contributed by atoms with E-state index in [9.17, 15) is 4.79 Å². The van der Waals surface area contributed by atoms with Crippen LogP contribution in [0.15, 0.2) is 6.07 Å². The van der Waals surface area contributed by atoms with Crippen molar-refractivity contribution in [1.82, 2.24) is 5.32 Å². The van der Waals surface area contributed by atoms with Crippen LogP contribution in [0.4, 0.5) is 0 Å². The van der Waals surface area contributed by atoms with Crippen molar-refractivity contribution in [3.8, 4) is 11.8 Å². The van der Waals surface area contributed by atoms with Gasteiger partial charge < -0.3 is 10.4 Å². The molecule has 2 N–H and O–H groups in total. The number of thiophene rings is 1. The third-order valence-corrected chi connectivity index (χ3v) is 5.29. The summed E-state index contributed by atoms with van der Waals surface area (Å²) in [6.45, 7) is 6.48. The molecule has 1 heterocycles. The highest BCUT2D eigenvalue weighted by Gasteiger charge is 2.35. The van der Waals surface area contributed by atoms with Gasteiger partial charge in [0.25, 0.3) is 5.91 Å². The summed E-state index contributed by atoms with van der Waals surface area (Å²) in [5.41, 5.74) is 1.22. The number of aliphatic hydroxyl groups is 1. The highest BCUT2D eigenvalue weighted by molar-refractivity contribution is 7.14. The molecule has 2 rings (SSSR count). The summed E-state index contributed by atoms with van der Waals surface area (Å²) in [4.78, 5) is 14.0. The van der Waals surface area contributed by atoms with Gasteiger partial charge in [-0.05, 0) is 36.8 Å². The van der Waals surface area contributed by atoms with E-state index in [0.29, 0.717) is 6.42 Å². The first kappa shape index (κ1) is 16.1. The Morgan fingerprint density at radius 3 is 2.95 bits per heavy atom. The van der Waals surface area contributed by atoms with Crippen LogP contribution >= 0.6 is 11.3 Å². The van der Waals surface area contributed by atoms with Crippen LogP contribution in [0.5, 0.6) is 0 Å². The molecule has 1 saturated carbocycles. The summed E-state index contributed by atoms with van der Waals surface area (Å²) in [6.07, 6.45) is 3.87. The minimum absolute atomic E-state index is 0.0123. The van der Waals surface area contributed by atoms with Crippen molar-refractivity contribution in [3.63, 3.8) is 0 Å². The van der Waals surface area contributed by atoms with Gasteiger partial charge in [0.05, 0.1) is 16.4 Å². The summed E-state index contributed by atoms with van der Waals surface area (Å²) in [6, 6.07) is 2.17. The van der Waals surface area contributed by atoms with Crippen molar-refractivity contribution in [2.24, 2.45) is 5.41 Å². The predicted molar refractivity (Wildman–Crippen MR) is 86.5 cm³/mol. The lowest BCUT2D eigenvalue weighted by Gasteiger charge is -2.27. The van der Waals surface area contributed by atoms with Crippen LogP contribution in [-0.4, -0.2) is 23.7 Å². The highest BCUT2D eigenvalue weighted by atomic mass is 32.1. The number of hydrogen-bond acceptors (Lipinski definition) is 3. The van der Waals surface area contributed by atoms with Gasteiger partial charge in [0.1, 0.15) is 0 Å². The first-order valence-corrected chi connectivity index (χ1v) is 8.27. The van der Waals surface area contributed by atoms with Crippen LogP contribution in [0.3, 0.4) is 0 Å². The Morgan fingerprint density at radius 2 is 2.33 bits per heavy atom. The maximum atomic E-state index is 12.4. The number of amides is 1. The van der Waals surface area contributed by atoms with E-state index >= 15 is 0 Å². The first-order chi connectivity index (χ1) is 9.94. The fourth-order valence-corrected chi connectivity index (χ4v) is 3.69. The van der Waals surface area contributed by atoms with E-state index in [4.69, 9.17) is 5.11 Å². The smallest absolute Gasteiger partial charge is 0.261 e. The van der Waals surface area contributed by atoms with Crippen molar-refractivity contribution in [1.29, 1.82) is 0 Å². The lowest BCUT2D eigenvalue weighted by molar-refractivity contribution is 0.0914. The molecule has 0 aliphatic heterocycles. The van der Waals surface area contributed by atoms with Crippen LogP contribution in [0.25, 0.3) is 0 Å². The van der Waals surface area contributed by atoms with Crippen LogP contribution in [0.1, 0.15) is 59.6 Å². The second-order valence-electron chi connectivity index (χ2n) is 6.31. The fourth-order valence-electron chi connectivity index (χ4n) is 2.74. The third-order valence-electron chi connectivity index (χ3n) is 4.14. The van der Waals surface area contributed by atoms with Crippen LogP contribution < -0.4 is 5.32 Å². The van der Waals surface area contributed by atoms with E-state index in [1.165, 1.54) is 24.2 Å². The average molecular weight is 305 g/mol. The van der Waals surface area contributed by atoms with Gasteiger partial charge in [-0.1, -0.05) is 32.1 Å². The van der Waals surface area contributed by atoms with E-state index in [1.807, 2.05) is 13.0 Å². The normalized spacial score (nSPS) is 19.9. The van der Waals surface area contributed by atoms with Gasteiger partial charge >= 0.3 is 0 Å². The van der Waals surface area contributed by atoms with E-state index in [1.54, 1.807) is 0 Å². The fraction of sp³-hybridized carbons (Fsp3) is 0.588. The molecule has 3 nitrogen and oxygen atoms in total. The van der Waals surface area contributed by atoms with Crippen molar-refractivity contribution >= 4 is 17.2 Å². The lowest BCUT2D eigenvalue weighted by Crippen LogP contribution is -2.41. The number of rotatable bonds is 3. The summed E-state index contributed by atoms with van der Waals surface area (Å²) in [5.74, 6) is 5.95. The molecule has 4 heteroatoms. The quantitative estimate of drug-likeness (QED) is 0.843. The molecule has 1 aromatic heterocycles. The van der Waals surface area contributed by atoms with Crippen molar-refractivity contribution in [2.75, 3.05) is 6.61 Å². The van der Waals surface area contributed by atoms with Gasteiger partial charge in [-0.25, -0.2) is 0 Å². The molecule has 1 aliphatic carbocycles. The van der Waals surface area contributed by atoms with Gasteiger partial charge in [0, 0.05) is 12.5 Å². The number of carbonyl (C=O) groups excluding carboxylic acids is 1. The molecule has 1 amide bonds. The van der Waals surface area contributed by atoms with Gasteiger partial charge in [0.2, 0.25) is 0 Å². The monoisotopic (exact) mass is 305 g/mol. The second-order valence-corrected chi connectivity index (χ2v) is 7.36. The number of aryl methyl sites for hydroxylation is 1. The topological polar surface area (TPSA) is 49.3 Å². The summed E-state index contributed by atoms with van der Waals surface area (Å²) in [5, 5.41) is 11.9. The molecule has 0 saturated heterocycles. The summed E-state index contributed by atoms with van der Waals surface area (Å²) < 4.78 is 0. The molecule has 1 fully saturated rings. The standard InChI is InChI=1S/C17H23NO2S/c1-12-11-14(21-13(12)7-4-5-10-19)16(20)18-15-8-6-9-17(15,2)3/h11,15,19H,5-6,8-10H2,1-3H3,(H,18,20). The van der Waals surface area contributed by atoms with E-state index in [-0.39, 0.29) is 24.0 Å². The van der Waals surface area contributed by atoms with Crippen LogP contribution in [0, 0.1) is 24.2 Å². The molecule has 114 valence electrons. The first-order valence-electron chi connectivity index (χ1n) is 7.45. The lowest BCUT2D eigenvalue weighted by atomic mass is 9.87. The van der Waals surface area contributed by atoms with E-state index < -0.39 is 0 Å². The SMILES string of the molecule is Cc1cc(C(=O)NC2CCCC2(C)C)sc1C#CCCO.